The largest absolute Gasteiger partial charge is 0.378 e. The van der Waals surface area contributed by atoms with Crippen LogP contribution in [0.1, 0.15) is 20.8 Å². The summed E-state index contributed by atoms with van der Waals surface area (Å²) < 4.78 is 7.89. The maximum Gasteiger partial charge on any atom is 0.264 e. The Morgan fingerprint density at radius 1 is 1.23 bits per heavy atom. The second-order valence-corrected chi connectivity index (χ2v) is 9.28. The Bertz CT molecular complexity index is 1180. The number of hydrogen-bond donors (Lipinski definition) is 1. The molecule has 1 N–H and O–H groups in total. The molecular formula is C22H22ClN3O3S2. The third-order valence-electron chi connectivity index (χ3n) is 5.18. The third-order valence-corrected chi connectivity index (χ3v) is 7.13. The zero-order chi connectivity index (χ0) is 22.0. The van der Waals surface area contributed by atoms with Crippen LogP contribution in [0.5, 0.6) is 0 Å². The fourth-order valence-corrected chi connectivity index (χ4v) is 5.06. The molecule has 31 heavy (non-hydrogen) atoms. The fraction of sp³-hybridized carbons (Fsp3) is 0.318. The van der Waals surface area contributed by atoms with Crippen molar-refractivity contribution in [3.05, 3.63) is 62.1 Å². The van der Waals surface area contributed by atoms with E-state index in [0.717, 1.165) is 21.3 Å². The molecule has 9 heteroatoms. The van der Waals surface area contributed by atoms with Crippen LogP contribution in [0.4, 0.5) is 0 Å². The number of nitrogens with zero attached hydrogens (tertiary/aromatic N) is 2. The first-order chi connectivity index (χ1) is 14.9. The van der Waals surface area contributed by atoms with Crippen molar-refractivity contribution < 1.29 is 14.3 Å². The molecule has 0 bridgehead atoms. The Labute approximate surface area is 194 Å². The number of amides is 2. The maximum atomic E-state index is 12.9. The lowest BCUT2D eigenvalue weighted by Crippen LogP contribution is -2.40. The topological polar surface area (TPSA) is 63.6 Å². The molecule has 0 spiro atoms. The molecular weight excluding hydrogens is 454 g/mol. The number of carbonyl (C=O) groups excluding carboxylic acids is 2. The van der Waals surface area contributed by atoms with Gasteiger partial charge in [0.05, 0.1) is 29.0 Å². The number of pyridine rings is 1. The number of thiophene rings is 1. The van der Waals surface area contributed by atoms with Crippen molar-refractivity contribution in [3.8, 4) is 0 Å². The summed E-state index contributed by atoms with van der Waals surface area (Å²) in [6.07, 6.45) is 2.06. The number of hydrogen-bond acceptors (Lipinski definition) is 5. The summed E-state index contributed by atoms with van der Waals surface area (Å²) in [5, 5.41) is 4.42. The summed E-state index contributed by atoms with van der Waals surface area (Å²) in [7, 11) is 1.91. The fourth-order valence-electron chi connectivity index (χ4n) is 3.52. The monoisotopic (exact) mass is 475 g/mol. The first kappa shape index (κ1) is 22.0. The molecule has 0 aliphatic carbocycles. The van der Waals surface area contributed by atoms with Gasteiger partial charge < -0.3 is 19.5 Å². The van der Waals surface area contributed by atoms with Crippen molar-refractivity contribution in [2.45, 2.75) is 13.0 Å². The van der Waals surface area contributed by atoms with Crippen molar-refractivity contribution in [1.29, 1.82) is 0 Å². The number of halogens is 1. The average Bonchev–Trinajstić information content (AvgIpc) is 3.23. The van der Waals surface area contributed by atoms with E-state index in [4.69, 9.17) is 28.6 Å². The highest BCUT2D eigenvalue weighted by atomic mass is 35.5. The molecule has 162 valence electrons. The highest BCUT2D eigenvalue weighted by molar-refractivity contribution is 7.71. The zero-order valence-corrected chi connectivity index (χ0v) is 19.4. The van der Waals surface area contributed by atoms with Gasteiger partial charge in [-0.25, -0.2) is 0 Å². The minimum atomic E-state index is -0.111. The van der Waals surface area contributed by atoms with Crippen LogP contribution in [0.25, 0.3) is 10.2 Å². The third kappa shape index (κ3) is 4.98. The van der Waals surface area contributed by atoms with Crippen LogP contribution >= 0.6 is 35.2 Å². The number of fused-ring (bicyclic) bond motifs is 1. The van der Waals surface area contributed by atoms with E-state index in [0.29, 0.717) is 47.3 Å². The van der Waals surface area contributed by atoms with Gasteiger partial charge in [-0.15, -0.1) is 11.3 Å². The molecule has 6 nitrogen and oxygen atoms in total. The van der Waals surface area contributed by atoms with Gasteiger partial charge >= 0.3 is 0 Å². The Kier molecular flexibility index (Phi) is 6.71. The molecule has 0 unspecified atom stereocenters. The quantitative estimate of drug-likeness (QED) is 0.567. The van der Waals surface area contributed by atoms with Gasteiger partial charge in [0.2, 0.25) is 5.91 Å². The van der Waals surface area contributed by atoms with Gasteiger partial charge in [0.1, 0.15) is 4.83 Å². The summed E-state index contributed by atoms with van der Waals surface area (Å²) in [6, 6.07) is 9.21. The lowest BCUT2D eigenvalue weighted by molar-refractivity contribution is -0.120. The number of aromatic nitrogens is 1. The average molecular weight is 476 g/mol. The standard InChI is InChI=1S/C22H22ClN3O3S2/c1-25-13-15(10-19(27)24-12-14-2-4-16(23)5-3-14)20(30)17-11-18(31-22(17)25)21(28)26-6-8-29-9-7-26/h2-5,11,13H,6-10,12H2,1H3,(H,24,27). The number of morpholine rings is 1. The summed E-state index contributed by atoms with van der Waals surface area (Å²) in [6.45, 7) is 2.74. The number of ether oxygens (including phenoxy) is 1. The normalized spacial score (nSPS) is 14.1. The van der Waals surface area contributed by atoms with E-state index in [9.17, 15) is 9.59 Å². The van der Waals surface area contributed by atoms with Crippen LogP contribution in [-0.2, 0) is 29.5 Å². The van der Waals surface area contributed by atoms with Gasteiger partial charge in [0.25, 0.3) is 5.91 Å². The molecule has 1 saturated heterocycles. The molecule has 1 aliphatic rings. The van der Waals surface area contributed by atoms with Crippen molar-refractivity contribution in [2.75, 3.05) is 26.3 Å². The van der Waals surface area contributed by atoms with Gasteiger partial charge in [0, 0.05) is 43.3 Å². The molecule has 0 atom stereocenters. The predicted octanol–water partition coefficient (Wildman–Crippen LogP) is 3.95. The summed E-state index contributed by atoms with van der Waals surface area (Å²) in [5.74, 6) is -0.110. The second-order valence-electron chi connectivity index (χ2n) is 7.41. The molecule has 2 amide bonds. The van der Waals surface area contributed by atoms with Crippen LogP contribution < -0.4 is 5.32 Å². The Balaban J connectivity index is 1.51. The lowest BCUT2D eigenvalue weighted by Gasteiger charge is -2.26. The second kappa shape index (κ2) is 9.48. The molecule has 0 radical (unpaired) electrons. The summed E-state index contributed by atoms with van der Waals surface area (Å²) in [4.78, 5) is 28.8. The predicted molar refractivity (Wildman–Crippen MR) is 125 cm³/mol. The van der Waals surface area contributed by atoms with E-state index < -0.39 is 0 Å². The van der Waals surface area contributed by atoms with Gasteiger partial charge in [-0.1, -0.05) is 36.0 Å². The van der Waals surface area contributed by atoms with E-state index in [1.807, 2.05) is 40.9 Å². The number of aryl methyl sites for hydroxylation is 1. The van der Waals surface area contributed by atoms with Crippen LogP contribution in [0.15, 0.2) is 36.5 Å². The van der Waals surface area contributed by atoms with E-state index in [2.05, 4.69) is 5.32 Å². The Morgan fingerprint density at radius 2 is 1.94 bits per heavy atom. The van der Waals surface area contributed by atoms with Crippen LogP contribution in [-0.4, -0.2) is 47.6 Å². The van der Waals surface area contributed by atoms with Crippen molar-refractivity contribution in [2.24, 2.45) is 7.05 Å². The lowest BCUT2D eigenvalue weighted by atomic mass is 10.1. The minimum Gasteiger partial charge on any atom is -0.378 e. The van der Waals surface area contributed by atoms with Crippen LogP contribution in [0.2, 0.25) is 5.02 Å². The van der Waals surface area contributed by atoms with E-state index in [-0.39, 0.29) is 18.2 Å². The molecule has 1 aliphatic heterocycles. The number of nitrogens with one attached hydrogen (secondary N) is 1. The van der Waals surface area contributed by atoms with Gasteiger partial charge in [-0.05, 0) is 29.3 Å². The minimum absolute atomic E-state index is 0.00107. The molecule has 3 heterocycles. The molecule has 3 aromatic rings. The maximum absolute atomic E-state index is 12.9. The van der Waals surface area contributed by atoms with Crippen LogP contribution in [0, 0.1) is 4.51 Å². The molecule has 4 rings (SSSR count). The molecule has 1 aromatic carbocycles. The van der Waals surface area contributed by atoms with Gasteiger partial charge in [-0.2, -0.15) is 0 Å². The van der Waals surface area contributed by atoms with Crippen molar-refractivity contribution in [3.63, 3.8) is 0 Å². The van der Waals surface area contributed by atoms with Gasteiger partial charge in [-0.3, -0.25) is 9.59 Å². The first-order valence-corrected chi connectivity index (χ1v) is 11.5. The van der Waals surface area contributed by atoms with Crippen molar-refractivity contribution >= 4 is 57.2 Å². The van der Waals surface area contributed by atoms with E-state index in [1.54, 1.807) is 12.1 Å². The Hall–Kier alpha value is -2.26. The smallest absolute Gasteiger partial charge is 0.264 e. The molecule has 0 saturated carbocycles. The summed E-state index contributed by atoms with van der Waals surface area (Å²) in [5.41, 5.74) is 1.74. The Morgan fingerprint density at radius 3 is 2.65 bits per heavy atom. The van der Waals surface area contributed by atoms with E-state index >= 15 is 0 Å². The number of benzene rings is 1. The molecule has 1 fully saturated rings. The zero-order valence-electron chi connectivity index (χ0n) is 17.0. The molecule has 2 aromatic heterocycles. The summed E-state index contributed by atoms with van der Waals surface area (Å²) >= 11 is 13.0. The first-order valence-electron chi connectivity index (χ1n) is 9.92. The number of rotatable bonds is 5. The highest BCUT2D eigenvalue weighted by Gasteiger charge is 2.22. The highest BCUT2D eigenvalue weighted by Crippen LogP contribution is 2.29. The number of carbonyl (C=O) groups is 2. The SMILES string of the molecule is Cn1cc(CC(=O)NCc2ccc(Cl)cc2)c(=S)c2cc(C(=O)N3CCOCC3)sc21. The van der Waals surface area contributed by atoms with Crippen molar-refractivity contribution in [1.82, 2.24) is 14.8 Å². The van der Waals surface area contributed by atoms with Crippen LogP contribution in [0.3, 0.4) is 0 Å². The van der Waals surface area contributed by atoms with Gasteiger partial charge in [0.15, 0.2) is 0 Å². The van der Waals surface area contributed by atoms with E-state index in [1.165, 1.54) is 11.3 Å².